The SMILES string of the molecule is COC(=O)CCn1ccc(C(=O)C(F)(F)F)c1. The van der Waals surface area contributed by atoms with Gasteiger partial charge < -0.3 is 9.30 Å². The lowest BCUT2D eigenvalue weighted by Gasteiger charge is -2.03. The third-order valence-electron chi connectivity index (χ3n) is 2.07. The van der Waals surface area contributed by atoms with E-state index in [0.29, 0.717) is 0 Å². The minimum Gasteiger partial charge on any atom is -0.469 e. The number of methoxy groups -OCH3 is 1. The van der Waals surface area contributed by atoms with E-state index in [0.717, 1.165) is 12.3 Å². The summed E-state index contributed by atoms with van der Waals surface area (Å²) in [5.41, 5.74) is -0.442. The van der Waals surface area contributed by atoms with Crippen molar-refractivity contribution in [3.8, 4) is 0 Å². The molecule has 0 radical (unpaired) electrons. The summed E-state index contributed by atoms with van der Waals surface area (Å²) in [6, 6.07) is 1.06. The monoisotopic (exact) mass is 249 g/mol. The molecule has 0 spiro atoms. The Kier molecular flexibility index (Phi) is 3.93. The molecule has 0 atom stereocenters. The first-order valence-corrected chi connectivity index (χ1v) is 4.68. The Labute approximate surface area is 95.0 Å². The van der Waals surface area contributed by atoms with E-state index in [1.54, 1.807) is 0 Å². The molecule has 0 unspecified atom stereocenters. The van der Waals surface area contributed by atoms with Crippen LogP contribution < -0.4 is 0 Å². The highest BCUT2D eigenvalue weighted by molar-refractivity contribution is 6.00. The van der Waals surface area contributed by atoms with Crippen molar-refractivity contribution in [3.63, 3.8) is 0 Å². The fourth-order valence-corrected chi connectivity index (χ4v) is 1.20. The van der Waals surface area contributed by atoms with Crippen LogP contribution in [0.25, 0.3) is 0 Å². The lowest BCUT2D eigenvalue weighted by atomic mass is 10.2. The van der Waals surface area contributed by atoms with Gasteiger partial charge in [-0.1, -0.05) is 0 Å². The van der Waals surface area contributed by atoms with E-state index >= 15 is 0 Å². The number of aromatic nitrogens is 1. The summed E-state index contributed by atoms with van der Waals surface area (Å²) < 4.78 is 42.0. The second-order valence-electron chi connectivity index (χ2n) is 3.29. The van der Waals surface area contributed by atoms with Gasteiger partial charge in [0.15, 0.2) is 0 Å². The van der Waals surface area contributed by atoms with E-state index in [-0.39, 0.29) is 13.0 Å². The van der Waals surface area contributed by atoms with Crippen LogP contribution in [-0.2, 0) is 16.1 Å². The average Bonchev–Trinajstić information content (AvgIpc) is 2.71. The molecule has 0 N–H and O–H groups in total. The summed E-state index contributed by atoms with van der Waals surface area (Å²) in [5, 5.41) is 0. The van der Waals surface area contributed by atoms with Crippen LogP contribution in [0.15, 0.2) is 18.5 Å². The van der Waals surface area contributed by atoms with E-state index in [9.17, 15) is 22.8 Å². The molecule has 94 valence electrons. The van der Waals surface area contributed by atoms with Crippen molar-refractivity contribution in [1.82, 2.24) is 4.57 Å². The molecule has 4 nitrogen and oxygen atoms in total. The van der Waals surface area contributed by atoms with E-state index in [1.807, 2.05) is 0 Å². The second kappa shape index (κ2) is 5.03. The normalized spacial score (nSPS) is 11.3. The van der Waals surface area contributed by atoms with Crippen LogP contribution in [0.5, 0.6) is 0 Å². The molecular formula is C10H10F3NO3. The zero-order valence-electron chi connectivity index (χ0n) is 8.95. The summed E-state index contributed by atoms with van der Waals surface area (Å²) in [5.74, 6) is -2.36. The maximum Gasteiger partial charge on any atom is 0.454 e. The van der Waals surface area contributed by atoms with E-state index < -0.39 is 23.5 Å². The van der Waals surface area contributed by atoms with Gasteiger partial charge in [0.05, 0.1) is 13.5 Å². The molecule has 0 aliphatic carbocycles. The van der Waals surface area contributed by atoms with Gasteiger partial charge in [0, 0.05) is 24.5 Å². The van der Waals surface area contributed by atoms with Gasteiger partial charge in [-0.2, -0.15) is 13.2 Å². The Hall–Kier alpha value is -1.79. The van der Waals surface area contributed by atoms with Crippen molar-refractivity contribution in [3.05, 3.63) is 24.0 Å². The van der Waals surface area contributed by atoms with E-state index in [1.165, 1.54) is 17.9 Å². The highest BCUT2D eigenvalue weighted by atomic mass is 19.4. The van der Waals surface area contributed by atoms with Crippen LogP contribution in [0, 0.1) is 0 Å². The molecule has 0 aliphatic rings. The van der Waals surface area contributed by atoms with Gasteiger partial charge in [-0.15, -0.1) is 0 Å². The molecule has 1 rings (SSSR count). The number of esters is 1. The third kappa shape index (κ3) is 3.61. The number of hydrogen-bond donors (Lipinski definition) is 0. The van der Waals surface area contributed by atoms with Crippen molar-refractivity contribution >= 4 is 11.8 Å². The largest absolute Gasteiger partial charge is 0.469 e. The van der Waals surface area contributed by atoms with Crippen molar-refractivity contribution in [2.75, 3.05) is 7.11 Å². The quantitative estimate of drug-likeness (QED) is 0.603. The smallest absolute Gasteiger partial charge is 0.454 e. The predicted molar refractivity (Wildman–Crippen MR) is 51.5 cm³/mol. The Balaban J connectivity index is 2.66. The predicted octanol–water partition coefficient (Wildman–Crippen LogP) is 1.80. The zero-order chi connectivity index (χ0) is 13.1. The summed E-state index contributed by atoms with van der Waals surface area (Å²) in [7, 11) is 1.22. The van der Waals surface area contributed by atoms with Crippen LogP contribution in [0.1, 0.15) is 16.8 Å². The molecular weight excluding hydrogens is 239 g/mol. The lowest BCUT2D eigenvalue weighted by molar-refractivity contribution is -0.140. The van der Waals surface area contributed by atoms with Gasteiger partial charge >= 0.3 is 12.1 Å². The second-order valence-corrected chi connectivity index (χ2v) is 3.29. The zero-order valence-corrected chi connectivity index (χ0v) is 8.95. The Morgan fingerprint density at radius 3 is 2.59 bits per heavy atom. The van der Waals surface area contributed by atoms with E-state index in [2.05, 4.69) is 4.74 Å². The summed E-state index contributed by atoms with van der Waals surface area (Å²) in [6.07, 6.45) is -2.49. The lowest BCUT2D eigenvalue weighted by Crippen LogP contribution is -2.22. The minimum atomic E-state index is -4.88. The standard InChI is InChI=1S/C10H10F3NO3/c1-17-8(15)3-5-14-4-2-7(6-14)9(16)10(11,12)13/h2,4,6H,3,5H2,1H3. The Morgan fingerprint density at radius 1 is 1.41 bits per heavy atom. The van der Waals surface area contributed by atoms with Crippen molar-refractivity contribution < 1.29 is 27.5 Å². The molecule has 0 bridgehead atoms. The number of ketones is 1. The molecule has 17 heavy (non-hydrogen) atoms. The van der Waals surface area contributed by atoms with Crippen LogP contribution in [0.2, 0.25) is 0 Å². The van der Waals surface area contributed by atoms with Gasteiger partial charge in [0.1, 0.15) is 0 Å². The number of rotatable bonds is 4. The molecule has 1 aromatic rings. The van der Waals surface area contributed by atoms with Crippen molar-refractivity contribution in [2.24, 2.45) is 0 Å². The fourth-order valence-electron chi connectivity index (χ4n) is 1.20. The van der Waals surface area contributed by atoms with Crippen LogP contribution in [0.4, 0.5) is 13.2 Å². The molecule has 0 amide bonds. The molecule has 0 saturated carbocycles. The topological polar surface area (TPSA) is 48.3 Å². The minimum absolute atomic E-state index is 0.0326. The number of halogens is 3. The maximum absolute atomic E-state index is 12.1. The number of ether oxygens (including phenoxy) is 1. The van der Waals surface area contributed by atoms with Crippen molar-refractivity contribution in [2.45, 2.75) is 19.1 Å². The molecule has 1 heterocycles. The number of carbonyl (C=O) groups is 2. The van der Waals surface area contributed by atoms with Crippen molar-refractivity contribution in [1.29, 1.82) is 0 Å². The van der Waals surface area contributed by atoms with Gasteiger partial charge in [0.25, 0.3) is 5.78 Å². The average molecular weight is 249 g/mol. The molecule has 1 aromatic heterocycles. The summed E-state index contributed by atoms with van der Waals surface area (Å²) in [4.78, 5) is 21.6. The first-order valence-electron chi connectivity index (χ1n) is 4.68. The number of nitrogens with zero attached hydrogens (tertiary/aromatic N) is 1. The highest BCUT2D eigenvalue weighted by Crippen LogP contribution is 2.21. The maximum atomic E-state index is 12.1. The molecule has 0 fully saturated rings. The Morgan fingerprint density at radius 2 is 2.06 bits per heavy atom. The summed E-state index contributed by atoms with van der Waals surface area (Å²) in [6.45, 7) is 0.164. The van der Waals surface area contributed by atoms with Crippen LogP contribution in [-0.4, -0.2) is 29.6 Å². The van der Waals surface area contributed by atoms with Gasteiger partial charge in [-0.3, -0.25) is 9.59 Å². The first-order chi connectivity index (χ1) is 7.84. The molecule has 7 heteroatoms. The number of carbonyl (C=O) groups excluding carboxylic acids is 2. The number of aryl methyl sites for hydroxylation is 1. The first kappa shape index (κ1) is 13.3. The van der Waals surface area contributed by atoms with E-state index in [4.69, 9.17) is 0 Å². The highest BCUT2D eigenvalue weighted by Gasteiger charge is 2.39. The number of hydrogen-bond acceptors (Lipinski definition) is 3. The van der Waals surface area contributed by atoms with Crippen LogP contribution >= 0.6 is 0 Å². The van der Waals surface area contributed by atoms with Gasteiger partial charge in [-0.25, -0.2) is 0 Å². The Bertz CT molecular complexity index is 423. The molecule has 0 aliphatic heterocycles. The fraction of sp³-hybridized carbons (Fsp3) is 0.400. The third-order valence-corrected chi connectivity index (χ3v) is 2.07. The van der Waals surface area contributed by atoms with Gasteiger partial charge in [0.2, 0.25) is 0 Å². The van der Waals surface area contributed by atoms with Gasteiger partial charge in [-0.05, 0) is 6.07 Å². The number of alkyl halides is 3. The summed E-state index contributed by atoms with van der Waals surface area (Å²) >= 11 is 0. The molecule has 0 saturated heterocycles. The number of Topliss-reactive ketones (excluding diaryl/α,β-unsaturated/α-hetero) is 1. The van der Waals surface area contributed by atoms with Crippen LogP contribution in [0.3, 0.4) is 0 Å². The molecule has 0 aromatic carbocycles.